The van der Waals surface area contributed by atoms with E-state index in [-0.39, 0.29) is 0 Å². The van der Waals surface area contributed by atoms with Crippen LogP contribution >= 0.6 is 0 Å². The zero-order chi connectivity index (χ0) is 12.1. The molecule has 0 aliphatic rings. The van der Waals surface area contributed by atoms with Gasteiger partial charge in [0.2, 0.25) is 0 Å². The number of hydrogen-bond acceptors (Lipinski definition) is 1. The standard InChI is InChI=1S/C16H19N/c1-13(15-5-3-2-4-6-15)16-9-7-14(8-10-16)11-12-17/h2-10,13H,11-12,17H2,1H3. The smallest absolute Gasteiger partial charge is 0.00610 e. The van der Waals surface area contributed by atoms with E-state index in [1.54, 1.807) is 0 Å². The van der Waals surface area contributed by atoms with E-state index >= 15 is 0 Å². The van der Waals surface area contributed by atoms with Gasteiger partial charge >= 0.3 is 0 Å². The Hall–Kier alpha value is -1.60. The van der Waals surface area contributed by atoms with Crippen LogP contribution < -0.4 is 5.73 Å². The van der Waals surface area contributed by atoms with Crippen molar-refractivity contribution in [3.63, 3.8) is 0 Å². The van der Waals surface area contributed by atoms with Crippen molar-refractivity contribution in [2.24, 2.45) is 5.73 Å². The van der Waals surface area contributed by atoms with E-state index in [1.165, 1.54) is 16.7 Å². The maximum absolute atomic E-state index is 5.55. The van der Waals surface area contributed by atoms with E-state index in [0.717, 1.165) is 6.42 Å². The van der Waals surface area contributed by atoms with Gasteiger partial charge in [0.05, 0.1) is 0 Å². The predicted octanol–water partition coefficient (Wildman–Crippen LogP) is 3.34. The van der Waals surface area contributed by atoms with E-state index in [2.05, 4.69) is 61.5 Å². The molecule has 17 heavy (non-hydrogen) atoms. The highest BCUT2D eigenvalue weighted by Crippen LogP contribution is 2.23. The number of nitrogens with two attached hydrogens (primary N) is 1. The molecule has 0 aliphatic heterocycles. The molecular formula is C16H19N. The van der Waals surface area contributed by atoms with Gasteiger partial charge in [-0.1, -0.05) is 61.5 Å². The quantitative estimate of drug-likeness (QED) is 0.848. The van der Waals surface area contributed by atoms with Crippen LogP contribution in [0.15, 0.2) is 54.6 Å². The lowest BCUT2D eigenvalue weighted by molar-refractivity contribution is 0.914. The van der Waals surface area contributed by atoms with Crippen molar-refractivity contribution < 1.29 is 0 Å². The van der Waals surface area contributed by atoms with E-state index in [9.17, 15) is 0 Å². The van der Waals surface area contributed by atoms with Crippen LogP contribution in [-0.4, -0.2) is 6.54 Å². The lowest BCUT2D eigenvalue weighted by atomic mass is 9.92. The van der Waals surface area contributed by atoms with Crippen molar-refractivity contribution in [1.82, 2.24) is 0 Å². The summed E-state index contributed by atoms with van der Waals surface area (Å²) in [6, 6.07) is 19.4. The van der Waals surface area contributed by atoms with Gasteiger partial charge < -0.3 is 5.73 Å². The van der Waals surface area contributed by atoms with Gasteiger partial charge in [-0.15, -0.1) is 0 Å². The number of hydrogen-bond donors (Lipinski definition) is 1. The summed E-state index contributed by atoms with van der Waals surface area (Å²) >= 11 is 0. The van der Waals surface area contributed by atoms with Gasteiger partial charge in [0.25, 0.3) is 0 Å². The summed E-state index contributed by atoms with van der Waals surface area (Å²) in [4.78, 5) is 0. The average Bonchev–Trinajstić information content (AvgIpc) is 2.40. The Kier molecular flexibility index (Phi) is 3.94. The second-order valence-corrected chi connectivity index (χ2v) is 4.41. The second-order valence-electron chi connectivity index (χ2n) is 4.41. The Morgan fingerprint density at radius 1 is 0.882 bits per heavy atom. The van der Waals surface area contributed by atoms with Crippen molar-refractivity contribution in [3.8, 4) is 0 Å². The third kappa shape index (κ3) is 2.95. The van der Waals surface area contributed by atoms with Crippen molar-refractivity contribution in [1.29, 1.82) is 0 Å². The molecule has 0 fully saturated rings. The first-order valence-electron chi connectivity index (χ1n) is 6.15. The zero-order valence-corrected chi connectivity index (χ0v) is 10.3. The minimum atomic E-state index is 0.447. The molecule has 0 heterocycles. The van der Waals surface area contributed by atoms with Gasteiger partial charge in [0.15, 0.2) is 0 Å². The highest BCUT2D eigenvalue weighted by atomic mass is 14.5. The highest BCUT2D eigenvalue weighted by Gasteiger charge is 2.07. The van der Waals surface area contributed by atoms with Gasteiger partial charge in [0.1, 0.15) is 0 Å². The van der Waals surface area contributed by atoms with Gasteiger partial charge in [-0.2, -0.15) is 0 Å². The molecule has 0 amide bonds. The minimum absolute atomic E-state index is 0.447. The van der Waals surface area contributed by atoms with Crippen LogP contribution in [0.4, 0.5) is 0 Å². The van der Waals surface area contributed by atoms with Crippen LogP contribution in [0.25, 0.3) is 0 Å². The first-order chi connectivity index (χ1) is 8.31. The normalized spacial score (nSPS) is 12.4. The molecule has 2 rings (SSSR count). The molecule has 2 N–H and O–H groups in total. The Labute approximate surface area is 103 Å². The monoisotopic (exact) mass is 225 g/mol. The SMILES string of the molecule is CC(c1ccccc1)c1ccc(CCN)cc1. The third-order valence-electron chi connectivity index (χ3n) is 3.21. The fraction of sp³-hybridized carbons (Fsp3) is 0.250. The Balaban J connectivity index is 2.17. The molecule has 2 aromatic carbocycles. The fourth-order valence-corrected chi connectivity index (χ4v) is 2.07. The first-order valence-corrected chi connectivity index (χ1v) is 6.15. The molecule has 1 heteroatoms. The van der Waals surface area contributed by atoms with E-state index in [4.69, 9.17) is 5.73 Å². The largest absolute Gasteiger partial charge is 0.330 e. The van der Waals surface area contributed by atoms with Crippen LogP contribution in [0.2, 0.25) is 0 Å². The summed E-state index contributed by atoms with van der Waals surface area (Å²) in [5, 5.41) is 0. The number of benzene rings is 2. The summed E-state index contributed by atoms with van der Waals surface area (Å²) in [6.45, 7) is 2.96. The molecule has 1 unspecified atom stereocenters. The molecule has 88 valence electrons. The van der Waals surface area contributed by atoms with Crippen LogP contribution in [0, 0.1) is 0 Å². The molecule has 0 aromatic heterocycles. The zero-order valence-electron chi connectivity index (χ0n) is 10.3. The number of rotatable bonds is 4. The predicted molar refractivity (Wildman–Crippen MR) is 73.2 cm³/mol. The fourth-order valence-electron chi connectivity index (χ4n) is 2.07. The molecule has 0 spiro atoms. The molecule has 1 nitrogen and oxygen atoms in total. The van der Waals surface area contributed by atoms with Gasteiger partial charge in [0, 0.05) is 5.92 Å². The van der Waals surface area contributed by atoms with Gasteiger partial charge in [-0.05, 0) is 29.7 Å². The highest BCUT2D eigenvalue weighted by molar-refractivity contribution is 5.33. The summed E-state index contributed by atoms with van der Waals surface area (Å²) in [5.74, 6) is 0.447. The van der Waals surface area contributed by atoms with Crippen LogP contribution in [0.1, 0.15) is 29.5 Å². The minimum Gasteiger partial charge on any atom is -0.330 e. The summed E-state index contributed by atoms with van der Waals surface area (Å²) in [5.41, 5.74) is 9.58. The summed E-state index contributed by atoms with van der Waals surface area (Å²) in [6.07, 6.45) is 0.958. The summed E-state index contributed by atoms with van der Waals surface area (Å²) < 4.78 is 0. The van der Waals surface area contributed by atoms with Crippen molar-refractivity contribution in [3.05, 3.63) is 71.3 Å². The molecule has 0 saturated heterocycles. The van der Waals surface area contributed by atoms with Crippen molar-refractivity contribution >= 4 is 0 Å². The van der Waals surface area contributed by atoms with Crippen molar-refractivity contribution in [2.45, 2.75) is 19.3 Å². The molecule has 1 atom stereocenters. The maximum Gasteiger partial charge on any atom is 0.00610 e. The molecule has 2 aromatic rings. The molecule has 0 aliphatic carbocycles. The van der Waals surface area contributed by atoms with Gasteiger partial charge in [-0.3, -0.25) is 0 Å². The maximum atomic E-state index is 5.55. The van der Waals surface area contributed by atoms with E-state index < -0.39 is 0 Å². The topological polar surface area (TPSA) is 26.0 Å². The lowest BCUT2D eigenvalue weighted by Crippen LogP contribution is -2.03. The Morgan fingerprint density at radius 2 is 1.47 bits per heavy atom. The van der Waals surface area contributed by atoms with Crippen LogP contribution in [0.3, 0.4) is 0 Å². The second kappa shape index (κ2) is 5.65. The Bertz CT molecular complexity index is 445. The van der Waals surface area contributed by atoms with Crippen molar-refractivity contribution in [2.75, 3.05) is 6.54 Å². The van der Waals surface area contributed by atoms with Crippen LogP contribution in [0.5, 0.6) is 0 Å². The third-order valence-corrected chi connectivity index (χ3v) is 3.21. The molecule has 0 radical (unpaired) electrons. The molecule has 0 saturated carbocycles. The van der Waals surface area contributed by atoms with E-state index in [1.807, 2.05) is 0 Å². The van der Waals surface area contributed by atoms with Crippen LogP contribution in [-0.2, 0) is 6.42 Å². The molecular weight excluding hydrogens is 206 g/mol. The average molecular weight is 225 g/mol. The Morgan fingerprint density at radius 3 is 2.06 bits per heavy atom. The van der Waals surface area contributed by atoms with E-state index in [0.29, 0.717) is 12.5 Å². The lowest BCUT2D eigenvalue weighted by Gasteiger charge is -2.12. The van der Waals surface area contributed by atoms with Gasteiger partial charge in [-0.25, -0.2) is 0 Å². The first kappa shape index (κ1) is 11.9. The summed E-state index contributed by atoms with van der Waals surface area (Å²) in [7, 11) is 0. The molecule has 0 bridgehead atoms.